The van der Waals surface area contributed by atoms with Gasteiger partial charge in [-0.05, 0) is 29.1 Å². The van der Waals surface area contributed by atoms with Gasteiger partial charge in [0.05, 0.1) is 20.3 Å². The highest BCUT2D eigenvalue weighted by molar-refractivity contribution is 7.10. The van der Waals surface area contributed by atoms with E-state index in [2.05, 4.69) is 33.9 Å². The summed E-state index contributed by atoms with van der Waals surface area (Å²) in [7, 11) is 3.31. The number of thiophene rings is 1. The van der Waals surface area contributed by atoms with Crippen LogP contribution in [-0.4, -0.2) is 19.2 Å². The van der Waals surface area contributed by atoms with E-state index in [1.165, 1.54) is 4.88 Å². The molecule has 126 valence electrons. The van der Waals surface area contributed by atoms with Crippen LogP contribution in [0.25, 0.3) is 0 Å². The van der Waals surface area contributed by atoms with Crippen molar-refractivity contribution in [3.63, 3.8) is 0 Å². The van der Waals surface area contributed by atoms with Crippen LogP contribution in [0.3, 0.4) is 0 Å². The molecule has 0 radical (unpaired) electrons. The number of benzene rings is 1. The molecule has 0 unspecified atom stereocenters. The number of hydrogen-bond acceptors (Lipinski definition) is 6. The SMILES string of the molecule is COc1ccc(CN[C@H](Cc2cccs2)c2nccs2)cc1OC. The number of hydrogen-bond donors (Lipinski definition) is 1. The van der Waals surface area contributed by atoms with Crippen molar-refractivity contribution < 1.29 is 9.47 Å². The first-order valence-electron chi connectivity index (χ1n) is 7.66. The van der Waals surface area contributed by atoms with Gasteiger partial charge in [0.15, 0.2) is 11.5 Å². The van der Waals surface area contributed by atoms with Gasteiger partial charge in [-0.25, -0.2) is 4.98 Å². The zero-order chi connectivity index (χ0) is 16.8. The van der Waals surface area contributed by atoms with Gasteiger partial charge < -0.3 is 14.8 Å². The quantitative estimate of drug-likeness (QED) is 0.651. The zero-order valence-electron chi connectivity index (χ0n) is 13.7. The Kier molecular flexibility index (Phi) is 5.85. The van der Waals surface area contributed by atoms with E-state index in [1.807, 2.05) is 23.7 Å². The second kappa shape index (κ2) is 8.28. The minimum Gasteiger partial charge on any atom is -0.493 e. The van der Waals surface area contributed by atoms with Gasteiger partial charge in [-0.15, -0.1) is 22.7 Å². The third kappa shape index (κ3) is 4.14. The van der Waals surface area contributed by atoms with Crippen LogP contribution in [0.5, 0.6) is 11.5 Å². The van der Waals surface area contributed by atoms with Crippen molar-refractivity contribution in [2.75, 3.05) is 14.2 Å². The Bertz CT molecular complexity index is 742. The van der Waals surface area contributed by atoms with E-state index in [4.69, 9.17) is 9.47 Å². The summed E-state index contributed by atoms with van der Waals surface area (Å²) in [6, 6.07) is 10.5. The van der Waals surface area contributed by atoms with E-state index in [0.29, 0.717) is 0 Å². The Morgan fingerprint density at radius 3 is 2.62 bits per heavy atom. The molecule has 4 nitrogen and oxygen atoms in total. The van der Waals surface area contributed by atoms with Gasteiger partial charge in [-0.2, -0.15) is 0 Å². The molecular formula is C18H20N2O2S2. The lowest BCUT2D eigenvalue weighted by Gasteiger charge is -2.17. The van der Waals surface area contributed by atoms with Crippen LogP contribution in [0, 0.1) is 0 Å². The molecule has 0 amide bonds. The summed E-state index contributed by atoms with van der Waals surface area (Å²) in [6.07, 6.45) is 2.80. The third-order valence-corrected chi connectivity index (χ3v) is 5.52. The Morgan fingerprint density at radius 1 is 1.08 bits per heavy atom. The van der Waals surface area contributed by atoms with Crippen LogP contribution in [0.15, 0.2) is 47.3 Å². The van der Waals surface area contributed by atoms with Crippen LogP contribution >= 0.6 is 22.7 Å². The van der Waals surface area contributed by atoms with Crippen molar-refractivity contribution in [1.29, 1.82) is 0 Å². The minimum absolute atomic E-state index is 0.205. The molecule has 0 aliphatic rings. The summed E-state index contributed by atoms with van der Waals surface area (Å²) in [6.45, 7) is 0.746. The van der Waals surface area contributed by atoms with Crippen LogP contribution < -0.4 is 14.8 Å². The summed E-state index contributed by atoms with van der Waals surface area (Å²) in [5.74, 6) is 1.50. The number of aromatic nitrogens is 1. The highest BCUT2D eigenvalue weighted by Crippen LogP contribution is 2.28. The summed E-state index contributed by atoms with van der Waals surface area (Å²) in [4.78, 5) is 5.84. The minimum atomic E-state index is 0.205. The monoisotopic (exact) mass is 360 g/mol. The molecule has 6 heteroatoms. The molecular weight excluding hydrogens is 340 g/mol. The first kappa shape index (κ1) is 17.0. The van der Waals surface area contributed by atoms with Crippen LogP contribution in [-0.2, 0) is 13.0 Å². The molecule has 0 aliphatic carbocycles. The van der Waals surface area contributed by atoms with Gasteiger partial charge in [-0.3, -0.25) is 0 Å². The highest BCUT2D eigenvalue weighted by atomic mass is 32.1. The molecule has 0 saturated carbocycles. The number of thiazole rings is 1. The molecule has 2 heterocycles. The summed E-state index contributed by atoms with van der Waals surface area (Å²) in [5, 5.41) is 8.87. The maximum Gasteiger partial charge on any atom is 0.161 e. The Labute approximate surface area is 150 Å². The molecule has 3 aromatic rings. The van der Waals surface area contributed by atoms with Gasteiger partial charge >= 0.3 is 0 Å². The van der Waals surface area contributed by atoms with E-state index in [-0.39, 0.29) is 6.04 Å². The molecule has 0 spiro atoms. The predicted molar refractivity (Wildman–Crippen MR) is 99.3 cm³/mol. The highest BCUT2D eigenvalue weighted by Gasteiger charge is 2.15. The largest absolute Gasteiger partial charge is 0.493 e. The van der Waals surface area contributed by atoms with Crippen molar-refractivity contribution in [2.24, 2.45) is 0 Å². The van der Waals surface area contributed by atoms with Gasteiger partial charge in [0.2, 0.25) is 0 Å². The Hall–Kier alpha value is -1.89. The molecule has 1 aromatic carbocycles. The van der Waals surface area contributed by atoms with Gasteiger partial charge in [0, 0.05) is 29.4 Å². The maximum atomic E-state index is 5.38. The average molecular weight is 361 g/mol. The van der Waals surface area contributed by atoms with Crippen molar-refractivity contribution in [3.05, 3.63) is 62.7 Å². The van der Waals surface area contributed by atoms with E-state index in [9.17, 15) is 0 Å². The fourth-order valence-electron chi connectivity index (χ4n) is 2.51. The molecule has 3 rings (SSSR count). The van der Waals surface area contributed by atoms with E-state index >= 15 is 0 Å². The van der Waals surface area contributed by atoms with Crippen LogP contribution in [0.1, 0.15) is 21.5 Å². The van der Waals surface area contributed by atoms with Gasteiger partial charge in [0.1, 0.15) is 5.01 Å². The van der Waals surface area contributed by atoms with Crippen LogP contribution in [0.2, 0.25) is 0 Å². The van der Waals surface area contributed by atoms with Crippen molar-refractivity contribution >= 4 is 22.7 Å². The molecule has 0 aliphatic heterocycles. The van der Waals surface area contributed by atoms with Gasteiger partial charge in [-0.1, -0.05) is 12.1 Å². The smallest absolute Gasteiger partial charge is 0.161 e. The molecule has 0 bridgehead atoms. The molecule has 1 atom stereocenters. The number of ether oxygens (including phenoxy) is 2. The molecule has 0 fully saturated rings. The molecule has 1 N–H and O–H groups in total. The average Bonchev–Trinajstić information content (AvgIpc) is 3.31. The zero-order valence-corrected chi connectivity index (χ0v) is 15.3. The second-order valence-corrected chi connectivity index (χ2v) is 7.24. The van der Waals surface area contributed by atoms with Crippen molar-refractivity contribution in [3.8, 4) is 11.5 Å². The predicted octanol–water partition coefficient (Wildman–Crippen LogP) is 4.30. The summed E-state index contributed by atoms with van der Waals surface area (Å²) >= 11 is 3.47. The van der Waals surface area contributed by atoms with Crippen LogP contribution in [0.4, 0.5) is 0 Å². The summed E-state index contributed by atoms with van der Waals surface area (Å²) < 4.78 is 10.7. The number of nitrogens with one attached hydrogen (secondary N) is 1. The number of methoxy groups -OCH3 is 2. The second-order valence-electron chi connectivity index (χ2n) is 5.28. The fourth-order valence-corrected chi connectivity index (χ4v) is 3.98. The van der Waals surface area contributed by atoms with E-state index in [1.54, 1.807) is 36.9 Å². The normalized spacial score (nSPS) is 12.1. The maximum absolute atomic E-state index is 5.38. The fraction of sp³-hybridized carbons (Fsp3) is 0.278. The molecule has 24 heavy (non-hydrogen) atoms. The molecule has 2 aromatic heterocycles. The first-order valence-corrected chi connectivity index (χ1v) is 9.42. The lowest BCUT2D eigenvalue weighted by molar-refractivity contribution is 0.354. The number of nitrogens with zero attached hydrogens (tertiary/aromatic N) is 1. The lowest BCUT2D eigenvalue weighted by atomic mass is 10.1. The third-order valence-electron chi connectivity index (χ3n) is 3.74. The van der Waals surface area contributed by atoms with Crippen molar-refractivity contribution in [1.82, 2.24) is 10.3 Å². The first-order chi connectivity index (χ1) is 11.8. The number of rotatable bonds is 8. The van der Waals surface area contributed by atoms with E-state index in [0.717, 1.165) is 35.0 Å². The standard InChI is InChI=1S/C18H20N2O2S2/c1-21-16-6-5-13(10-17(16)22-2)12-20-15(18-19-7-9-24-18)11-14-4-3-8-23-14/h3-10,15,20H,11-12H2,1-2H3/t15-/m1/s1. The van der Waals surface area contributed by atoms with Gasteiger partial charge in [0.25, 0.3) is 0 Å². The topological polar surface area (TPSA) is 43.4 Å². The van der Waals surface area contributed by atoms with E-state index < -0.39 is 0 Å². The summed E-state index contributed by atoms with van der Waals surface area (Å²) in [5.41, 5.74) is 1.15. The molecule has 0 saturated heterocycles. The van der Waals surface area contributed by atoms with Crippen molar-refractivity contribution in [2.45, 2.75) is 19.0 Å². The lowest BCUT2D eigenvalue weighted by Crippen LogP contribution is -2.22. The Balaban J connectivity index is 1.71. The Morgan fingerprint density at radius 2 is 1.96 bits per heavy atom.